The van der Waals surface area contributed by atoms with Gasteiger partial charge in [-0.1, -0.05) is 6.07 Å². The summed E-state index contributed by atoms with van der Waals surface area (Å²) in [6.45, 7) is 0.528. The Hall–Kier alpha value is -2.70. The van der Waals surface area contributed by atoms with Crippen molar-refractivity contribution in [2.75, 3.05) is 20.0 Å². The van der Waals surface area contributed by atoms with Crippen molar-refractivity contribution >= 4 is 11.7 Å². The standard InChI is InChI=1S/C14H18N4O3/c1-20-11-4-3-10(7-12(11)21-2)8-16-14(19)9-18-6-5-13(15)17-18/h3-7H,8-9H2,1-2H3,(H2,15,17)(H,16,19). The highest BCUT2D eigenvalue weighted by Gasteiger charge is 2.07. The van der Waals surface area contributed by atoms with Crippen molar-refractivity contribution < 1.29 is 14.3 Å². The fourth-order valence-corrected chi connectivity index (χ4v) is 1.86. The lowest BCUT2D eigenvalue weighted by Crippen LogP contribution is -2.27. The second-order valence-electron chi connectivity index (χ2n) is 4.40. The van der Waals surface area contributed by atoms with Crippen molar-refractivity contribution in [3.63, 3.8) is 0 Å². The van der Waals surface area contributed by atoms with Gasteiger partial charge < -0.3 is 20.5 Å². The molecule has 0 bridgehead atoms. The maximum atomic E-state index is 11.8. The SMILES string of the molecule is COc1ccc(CNC(=O)Cn2ccc(N)n2)cc1OC. The number of methoxy groups -OCH3 is 2. The van der Waals surface area contributed by atoms with Gasteiger partial charge in [0.2, 0.25) is 5.91 Å². The van der Waals surface area contributed by atoms with E-state index in [1.165, 1.54) is 4.68 Å². The van der Waals surface area contributed by atoms with Crippen molar-refractivity contribution in [3.8, 4) is 11.5 Å². The molecule has 112 valence electrons. The third-order valence-corrected chi connectivity index (χ3v) is 2.90. The summed E-state index contributed by atoms with van der Waals surface area (Å²) < 4.78 is 11.9. The molecule has 0 saturated carbocycles. The highest BCUT2D eigenvalue weighted by molar-refractivity contribution is 5.75. The minimum absolute atomic E-state index is 0.129. The number of aromatic nitrogens is 2. The van der Waals surface area contributed by atoms with Crippen LogP contribution in [0.15, 0.2) is 30.5 Å². The number of ether oxygens (including phenoxy) is 2. The third-order valence-electron chi connectivity index (χ3n) is 2.90. The molecule has 0 saturated heterocycles. The van der Waals surface area contributed by atoms with Gasteiger partial charge in [-0.3, -0.25) is 9.48 Å². The predicted molar refractivity (Wildman–Crippen MR) is 78.0 cm³/mol. The number of nitrogen functional groups attached to an aromatic ring is 1. The first-order chi connectivity index (χ1) is 10.1. The average molecular weight is 290 g/mol. The number of hydrogen-bond donors (Lipinski definition) is 2. The van der Waals surface area contributed by atoms with Gasteiger partial charge in [-0.05, 0) is 23.8 Å². The zero-order valence-corrected chi connectivity index (χ0v) is 12.0. The highest BCUT2D eigenvalue weighted by Crippen LogP contribution is 2.27. The van der Waals surface area contributed by atoms with Gasteiger partial charge in [-0.15, -0.1) is 0 Å². The molecule has 2 rings (SSSR count). The third kappa shape index (κ3) is 3.88. The Balaban J connectivity index is 1.91. The van der Waals surface area contributed by atoms with E-state index in [4.69, 9.17) is 15.2 Å². The van der Waals surface area contributed by atoms with Gasteiger partial charge >= 0.3 is 0 Å². The van der Waals surface area contributed by atoms with Crippen molar-refractivity contribution in [2.24, 2.45) is 0 Å². The number of rotatable bonds is 6. The van der Waals surface area contributed by atoms with Crippen LogP contribution in [0, 0.1) is 0 Å². The number of carbonyl (C=O) groups is 1. The van der Waals surface area contributed by atoms with Crippen LogP contribution in [0.5, 0.6) is 11.5 Å². The summed E-state index contributed by atoms with van der Waals surface area (Å²) >= 11 is 0. The summed E-state index contributed by atoms with van der Waals surface area (Å²) in [7, 11) is 3.15. The van der Waals surface area contributed by atoms with Crippen LogP contribution < -0.4 is 20.5 Å². The van der Waals surface area contributed by atoms with Gasteiger partial charge in [0.25, 0.3) is 0 Å². The Kier molecular flexibility index (Phi) is 4.65. The molecule has 1 heterocycles. The lowest BCUT2D eigenvalue weighted by atomic mass is 10.2. The molecule has 0 radical (unpaired) electrons. The molecule has 0 aliphatic heterocycles. The Morgan fingerprint density at radius 3 is 2.67 bits per heavy atom. The fourth-order valence-electron chi connectivity index (χ4n) is 1.86. The van der Waals surface area contributed by atoms with Crippen LogP contribution in [0.3, 0.4) is 0 Å². The predicted octanol–water partition coefficient (Wildman–Crippen LogP) is 0.799. The van der Waals surface area contributed by atoms with E-state index < -0.39 is 0 Å². The average Bonchev–Trinajstić information content (AvgIpc) is 2.89. The maximum absolute atomic E-state index is 11.8. The second kappa shape index (κ2) is 6.65. The van der Waals surface area contributed by atoms with E-state index in [2.05, 4.69) is 10.4 Å². The Labute approximate surface area is 122 Å². The van der Waals surface area contributed by atoms with E-state index in [9.17, 15) is 4.79 Å². The van der Waals surface area contributed by atoms with Crippen LogP contribution in [-0.2, 0) is 17.9 Å². The summed E-state index contributed by atoms with van der Waals surface area (Å²) in [5.74, 6) is 1.53. The van der Waals surface area contributed by atoms with Crippen LogP contribution in [-0.4, -0.2) is 29.9 Å². The number of nitrogens with one attached hydrogen (secondary N) is 1. The fraction of sp³-hybridized carbons (Fsp3) is 0.286. The van der Waals surface area contributed by atoms with Crippen molar-refractivity contribution in [1.29, 1.82) is 0 Å². The highest BCUT2D eigenvalue weighted by atomic mass is 16.5. The molecule has 0 aliphatic carbocycles. The van der Waals surface area contributed by atoms with E-state index in [0.717, 1.165) is 5.56 Å². The Bertz CT molecular complexity index is 624. The molecule has 0 fully saturated rings. The number of hydrogen-bond acceptors (Lipinski definition) is 5. The lowest BCUT2D eigenvalue weighted by Gasteiger charge is -2.10. The molecule has 0 aliphatic rings. The molecule has 0 atom stereocenters. The van der Waals surface area contributed by atoms with Crippen LogP contribution >= 0.6 is 0 Å². The molecular formula is C14H18N4O3. The van der Waals surface area contributed by atoms with Crippen molar-refractivity contribution in [1.82, 2.24) is 15.1 Å². The summed E-state index contributed by atoms with van der Waals surface area (Å²) in [5.41, 5.74) is 6.41. The van der Waals surface area contributed by atoms with Gasteiger partial charge in [-0.25, -0.2) is 0 Å². The molecule has 1 amide bonds. The summed E-state index contributed by atoms with van der Waals surface area (Å²) in [6.07, 6.45) is 1.66. The molecular weight excluding hydrogens is 272 g/mol. The number of nitrogens with two attached hydrogens (primary N) is 1. The van der Waals surface area contributed by atoms with E-state index >= 15 is 0 Å². The zero-order valence-electron chi connectivity index (χ0n) is 12.0. The van der Waals surface area contributed by atoms with Gasteiger partial charge in [-0.2, -0.15) is 5.10 Å². The maximum Gasteiger partial charge on any atom is 0.241 e. The largest absolute Gasteiger partial charge is 0.493 e. The van der Waals surface area contributed by atoms with Gasteiger partial charge in [0, 0.05) is 12.7 Å². The summed E-state index contributed by atoms with van der Waals surface area (Å²) in [4.78, 5) is 11.8. The molecule has 1 aromatic carbocycles. The molecule has 0 unspecified atom stereocenters. The molecule has 3 N–H and O–H groups in total. The van der Waals surface area contributed by atoms with E-state index in [0.29, 0.717) is 23.9 Å². The van der Waals surface area contributed by atoms with Crippen LogP contribution in [0.1, 0.15) is 5.56 Å². The zero-order chi connectivity index (χ0) is 15.2. The van der Waals surface area contributed by atoms with Gasteiger partial charge in [0.1, 0.15) is 12.4 Å². The number of anilines is 1. The van der Waals surface area contributed by atoms with Gasteiger partial charge in [0.05, 0.1) is 14.2 Å². The number of carbonyl (C=O) groups excluding carboxylic acids is 1. The summed E-state index contributed by atoms with van der Waals surface area (Å²) in [6, 6.07) is 7.13. The van der Waals surface area contributed by atoms with E-state index in [1.54, 1.807) is 32.5 Å². The number of benzene rings is 1. The minimum Gasteiger partial charge on any atom is -0.493 e. The van der Waals surface area contributed by atoms with Gasteiger partial charge in [0.15, 0.2) is 11.5 Å². The Morgan fingerprint density at radius 2 is 2.05 bits per heavy atom. The first-order valence-corrected chi connectivity index (χ1v) is 6.39. The molecule has 0 spiro atoms. The summed E-state index contributed by atoms with van der Waals surface area (Å²) in [5, 5.41) is 6.76. The topological polar surface area (TPSA) is 91.4 Å². The quantitative estimate of drug-likeness (QED) is 0.821. The molecule has 2 aromatic rings. The monoisotopic (exact) mass is 290 g/mol. The minimum atomic E-state index is -0.145. The van der Waals surface area contributed by atoms with Crippen LogP contribution in [0.4, 0.5) is 5.82 Å². The number of amides is 1. The van der Waals surface area contributed by atoms with Crippen molar-refractivity contribution in [3.05, 3.63) is 36.0 Å². The number of nitrogens with zero attached hydrogens (tertiary/aromatic N) is 2. The second-order valence-corrected chi connectivity index (χ2v) is 4.40. The molecule has 21 heavy (non-hydrogen) atoms. The van der Waals surface area contributed by atoms with Crippen LogP contribution in [0.25, 0.3) is 0 Å². The first kappa shape index (κ1) is 14.7. The lowest BCUT2D eigenvalue weighted by molar-refractivity contribution is -0.122. The molecule has 7 nitrogen and oxygen atoms in total. The molecule has 7 heteroatoms. The van der Waals surface area contributed by atoms with Crippen LogP contribution in [0.2, 0.25) is 0 Å². The van der Waals surface area contributed by atoms with Crippen molar-refractivity contribution in [2.45, 2.75) is 13.1 Å². The van der Waals surface area contributed by atoms with E-state index in [-0.39, 0.29) is 12.5 Å². The first-order valence-electron chi connectivity index (χ1n) is 6.39. The normalized spacial score (nSPS) is 10.2. The molecule has 1 aromatic heterocycles. The smallest absolute Gasteiger partial charge is 0.241 e. The Morgan fingerprint density at radius 1 is 1.29 bits per heavy atom. The van der Waals surface area contributed by atoms with E-state index in [1.807, 2.05) is 12.1 Å².